The Bertz CT molecular complexity index is 641. The first kappa shape index (κ1) is 21.7. The molecular weight excluding hydrogens is 360 g/mol. The highest BCUT2D eigenvalue weighted by Gasteiger charge is 2.25. The van der Waals surface area contributed by atoms with E-state index in [0.29, 0.717) is 5.75 Å². The number of carbonyl (C=O) groups excluding carboxylic acids is 3. The summed E-state index contributed by atoms with van der Waals surface area (Å²) in [5, 5.41) is 5.47. The molecule has 1 aromatic carbocycles. The third kappa shape index (κ3) is 7.58. The lowest BCUT2D eigenvalue weighted by atomic mass is 10.1. The number of benzene rings is 1. The van der Waals surface area contributed by atoms with Crippen molar-refractivity contribution in [2.75, 3.05) is 6.61 Å². The van der Waals surface area contributed by atoms with Crippen LogP contribution < -0.4 is 15.4 Å². The highest BCUT2D eigenvalue weighted by atomic mass is 16.5. The lowest BCUT2D eigenvalue weighted by Crippen LogP contribution is -2.46. The summed E-state index contributed by atoms with van der Waals surface area (Å²) in [7, 11) is 0. The molecule has 0 radical (unpaired) electrons. The molecule has 1 fully saturated rings. The molecule has 0 aromatic heterocycles. The van der Waals surface area contributed by atoms with Gasteiger partial charge in [0.25, 0.3) is 11.8 Å². The second-order valence-electron chi connectivity index (χ2n) is 7.17. The van der Waals surface area contributed by atoms with Gasteiger partial charge >= 0.3 is 5.97 Å². The van der Waals surface area contributed by atoms with Crippen LogP contribution in [0.3, 0.4) is 0 Å². The maximum atomic E-state index is 12.3. The zero-order valence-corrected chi connectivity index (χ0v) is 16.6. The van der Waals surface area contributed by atoms with E-state index in [-0.39, 0.29) is 18.6 Å². The first-order valence-corrected chi connectivity index (χ1v) is 9.94. The minimum atomic E-state index is -0.907. The average Bonchev–Trinajstić information content (AvgIpc) is 2.95. The summed E-state index contributed by atoms with van der Waals surface area (Å²) >= 11 is 0. The molecule has 0 unspecified atom stereocenters. The second-order valence-corrected chi connectivity index (χ2v) is 7.17. The van der Waals surface area contributed by atoms with Crippen LogP contribution in [0.5, 0.6) is 5.75 Å². The van der Waals surface area contributed by atoms with Crippen molar-refractivity contribution in [2.24, 2.45) is 0 Å². The van der Waals surface area contributed by atoms with Crippen molar-refractivity contribution < 1.29 is 23.9 Å². The van der Waals surface area contributed by atoms with Crippen molar-refractivity contribution >= 4 is 17.8 Å². The van der Waals surface area contributed by atoms with Gasteiger partial charge in [-0.25, -0.2) is 4.79 Å². The number of carbonyl (C=O) groups is 3. The molecule has 2 atom stereocenters. The van der Waals surface area contributed by atoms with Crippen LogP contribution in [-0.4, -0.2) is 42.6 Å². The van der Waals surface area contributed by atoms with Gasteiger partial charge in [-0.1, -0.05) is 43.9 Å². The van der Waals surface area contributed by atoms with Gasteiger partial charge < -0.3 is 20.1 Å². The molecule has 2 rings (SSSR count). The second kappa shape index (κ2) is 11.3. The number of para-hydroxylation sites is 1. The highest BCUT2D eigenvalue weighted by Crippen LogP contribution is 2.17. The number of nitrogens with one attached hydrogen (secondary N) is 2. The molecule has 0 aliphatic heterocycles. The molecule has 2 amide bonds. The molecule has 1 aliphatic rings. The molecule has 7 heteroatoms. The van der Waals surface area contributed by atoms with Crippen LogP contribution in [0.4, 0.5) is 0 Å². The fraction of sp³-hybridized carbons (Fsp3) is 0.571. The van der Waals surface area contributed by atoms with Gasteiger partial charge in [0.2, 0.25) is 0 Å². The van der Waals surface area contributed by atoms with E-state index in [1.807, 2.05) is 6.07 Å². The number of ether oxygens (including phenoxy) is 2. The Morgan fingerprint density at radius 2 is 1.68 bits per heavy atom. The average molecular weight is 390 g/mol. The van der Waals surface area contributed by atoms with Gasteiger partial charge in [0.15, 0.2) is 12.7 Å². The summed E-state index contributed by atoms with van der Waals surface area (Å²) in [6.45, 7) is 2.84. The van der Waals surface area contributed by atoms with Gasteiger partial charge in [-0.15, -0.1) is 0 Å². The Labute approximate surface area is 166 Å². The van der Waals surface area contributed by atoms with E-state index in [4.69, 9.17) is 9.47 Å². The van der Waals surface area contributed by atoms with Crippen molar-refractivity contribution in [1.82, 2.24) is 10.6 Å². The molecule has 0 spiro atoms. The van der Waals surface area contributed by atoms with Crippen LogP contribution in [-0.2, 0) is 19.1 Å². The first-order chi connectivity index (χ1) is 13.5. The van der Waals surface area contributed by atoms with Gasteiger partial charge in [-0.3, -0.25) is 9.59 Å². The predicted molar refractivity (Wildman–Crippen MR) is 105 cm³/mol. The molecular formula is C21H30N2O5. The fourth-order valence-corrected chi connectivity index (χ4v) is 3.08. The molecule has 154 valence electrons. The van der Waals surface area contributed by atoms with Gasteiger partial charge in [-0.2, -0.15) is 0 Å². The van der Waals surface area contributed by atoms with E-state index < -0.39 is 24.0 Å². The molecule has 1 aromatic rings. The normalized spacial score (nSPS) is 16.9. The van der Waals surface area contributed by atoms with Crippen molar-refractivity contribution in [3.05, 3.63) is 30.3 Å². The molecule has 7 nitrogen and oxygen atoms in total. The maximum Gasteiger partial charge on any atom is 0.329 e. The topological polar surface area (TPSA) is 93.7 Å². The first-order valence-electron chi connectivity index (χ1n) is 9.94. The largest absolute Gasteiger partial charge is 0.484 e. The summed E-state index contributed by atoms with van der Waals surface area (Å²) in [6.07, 6.45) is 5.61. The number of hydrogen-bond donors (Lipinski definition) is 2. The Hall–Kier alpha value is -2.57. The number of rotatable bonds is 8. The molecule has 1 aliphatic carbocycles. The molecule has 28 heavy (non-hydrogen) atoms. The summed E-state index contributed by atoms with van der Waals surface area (Å²) in [5.41, 5.74) is 0. The van der Waals surface area contributed by atoms with Crippen LogP contribution in [0.1, 0.15) is 52.4 Å². The number of amides is 2. The SMILES string of the molecule is C[C@H](NC(=O)COc1ccccc1)C(=O)O[C@@H](C)C(=O)NC1CCCCCC1. The van der Waals surface area contributed by atoms with E-state index in [9.17, 15) is 14.4 Å². The zero-order valence-electron chi connectivity index (χ0n) is 16.6. The Kier molecular flexibility index (Phi) is 8.78. The Balaban J connectivity index is 1.71. The van der Waals surface area contributed by atoms with Crippen LogP contribution in [0.25, 0.3) is 0 Å². The van der Waals surface area contributed by atoms with Crippen LogP contribution in [0.15, 0.2) is 30.3 Å². The Morgan fingerprint density at radius 1 is 1.04 bits per heavy atom. The van der Waals surface area contributed by atoms with Gasteiger partial charge in [-0.05, 0) is 38.8 Å². The van der Waals surface area contributed by atoms with Crippen LogP contribution in [0, 0.1) is 0 Å². The Morgan fingerprint density at radius 3 is 2.32 bits per heavy atom. The van der Waals surface area contributed by atoms with E-state index in [2.05, 4.69) is 10.6 Å². The predicted octanol–water partition coefficient (Wildman–Crippen LogP) is 2.34. The van der Waals surface area contributed by atoms with Gasteiger partial charge in [0, 0.05) is 6.04 Å². The molecule has 0 saturated heterocycles. The summed E-state index contributed by atoms with van der Waals surface area (Å²) in [4.78, 5) is 36.3. The monoisotopic (exact) mass is 390 g/mol. The third-order valence-corrected chi connectivity index (χ3v) is 4.71. The highest BCUT2D eigenvalue weighted by molar-refractivity contribution is 5.87. The van der Waals surface area contributed by atoms with E-state index in [1.165, 1.54) is 26.7 Å². The molecule has 0 heterocycles. The van der Waals surface area contributed by atoms with E-state index in [0.717, 1.165) is 25.7 Å². The lowest BCUT2D eigenvalue weighted by molar-refractivity contribution is -0.157. The third-order valence-electron chi connectivity index (χ3n) is 4.71. The summed E-state index contributed by atoms with van der Waals surface area (Å²) in [6, 6.07) is 8.18. The quantitative estimate of drug-likeness (QED) is 0.525. The zero-order chi connectivity index (χ0) is 20.4. The minimum absolute atomic E-state index is 0.142. The smallest absolute Gasteiger partial charge is 0.329 e. The number of esters is 1. The van der Waals surface area contributed by atoms with Gasteiger partial charge in [0.05, 0.1) is 0 Å². The maximum absolute atomic E-state index is 12.3. The fourth-order valence-electron chi connectivity index (χ4n) is 3.08. The number of hydrogen-bond acceptors (Lipinski definition) is 5. The van der Waals surface area contributed by atoms with Gasteiger partial charge in [0.1, 0.15) is 11.8 Å². The summed E-state index contributed by atoms with van der Waals surface area (Å²) < 4.78 is 10.5. The summed E-state index contributed by atoms with van der Waals surface area (Å²) in [5.74, 6) is -0.830. The van der Waals surface area contributed by atoms with Crippen LogP contribution >= 0.6 is 0 Å². The van der Waals surface area contributed by atoms with Crippen molar-refractivity contribution in [3.63, 3.8) is 0 Å². The van der Waals surface area contributed by atoms with Crippen LogP contribution in [0.2, 0.25) is 0 Å². The van der Waals surface area contributed by atoms with E-state index >= 15 is 0 Å². The van der Waals surface area contributed by atoms with Crippen molar-refractivity contribution in [1.29, 1.82) is 0 Å². The molecule has 0 bridgehead atoms. The standard InChI is InChI=1S/C21H30N2O5/c1-15(22-19(24)14-27-18-12-8-5-9-13-18)21(26)28-16(2)20(25)23-17-10-6-3-4-7-11-17/h5,8-9,12-13,15-17H,3-4,6-7,10-11,14H2,1-2H3,(H,22,24)(H,23,25)/t15-,16-/m0/s1. The molecule has 1 saturated carbocycles. The van der Waals surface area contributed by atoms with E-state index in [1.54, 1.807) is 24.3 Å². The van der Waals surface area contributed by atoms with Crippen molar-refractivity contribution in [3.8, 4) is 5.75 Å². The van der Waals surface area contributed by atoms with Crippen molar-refractivity contribution in [2.45, 2.75) is 70.6 Å². The minimum Gasteiger partial charge on any atom is -0.484 e. The lowest BCUT2D eigenvalue weighted by Gasteiger charge is -2.21. The molecule has 2 N–H and O–H groups in total.